The van der Waals surface area contributed by atoms with Crippen LogP contribution in [0.15, 0.2) is 0 Å². The second-order valence-electron chi connectivity index (χ2n) is 6.08. The lowest BCUT2D eigenvalue weighted by molar-refractivity contribution is -0.143. The molecular weight excluding hydrogens is 212 g/mol. The normalized spacial score (nSPS) is 34.9. The van der Waals surface area contributed by atoms with Crippen LogP contribution in [0.3, 0.4) is 0 Å². The summed E-state index contributed by atoms with van der Waals surface area (Å²) in [7, 11) is 0. The molecule has 4 atom stereocenters. The maximum absolute atomic E-state index is 12.4. The van der Waals surface area contributed by atoms with Crippen LogP contribution >= 0.6 is 0 Å². The molecule has 0 heterocycles. The third-order valence-corrected chi connectivity index (χ3v) is 5.06. The molecule has 2 bridgehead atoms. The van der Waals surface area contributed by atoms with Gasteiger partial charge in [-0.1, -0.05) is 13.3 Å². The molecule has 2 nitrogen and oxygen atoms in total. The first-order chi connectivity index (χ1) is 8.09. The summed E-state index contributed by atoms with van der Waals surface area (Å²) >= 11 is 0. The lowest BCUT2D eigenvalue weighted by Crippen LogP contribution is -2.39. The summed E-state index contributed by atoms with van der Waals surface area (Å²) in [4.78, 5) is 12.4. The van der Waals surface area contributed by atoms with Gasteiger partial charge in [0.25, 0.3) is 0 Å². The smallest absolute Gasteiger partial charge is 0.164 e. The molecule has 0 aromatic heterocycles. The second kappa shape index (κ2) is 5.09. The molecule has 2 heteroatoms. The number of hydrogen-bond donors (Lipinski definition) is 0. The molecule has 0 aromatic carbocycles. The number of rotatable bonds is 6. The van der Waals surface area contributed by atoms with Gasteiger partial charge in [-0.25, -0.2) is 0 Å². The fraction of sp³-hybridized carbons (Fsp3) is 0.933. The van der Waals surface area contributed by atoms with Crippen molar-refractivity contribution < 1.29 is 9.53 Å². The van der Waals surface area contributed by atoms with Crippen LogP contribution in [-0.2, 0) is 9.53 Å². The van der Waals surface area contributed by atoms with Crippen molar-refractivity contribution in [2.75, 3.05) is 6.61 Å². The van der Waals surface area contributed by atoms with E-state index in [4.69, 9.17) is 4.74 Å². The first-order valence-electron chi connectivity index (χ1n) is 7.26. The average molecular weight is 238 g/mol. The van der Waals surface area contributed by atoms with E-state index in [1.807, 2.05) is 20.8 Å². The molecule has 0 N–H and O–H groups in total. The molecule has 0 aromatic rings. The van der Waals surface area contributed by atoms with Gasteiger partial charge in [0, 0.05) is 13.0 Å². The summed E-state index contributed by atoms with van der Waals surface area (Å²) in [6.45, 7) is 6.62. The molecule has 4 unspecified atom stereocenters. The number of hydrogen-bond acceptors (Lipinski definition) is 2. The minimum atomic E-state index is -0.531. The Balaban J connectivity index is 1.92. The maximum atomic E-state index is 12.4. The van der Waals surface area contributed by atoms with Gasteiger partial charge in [-0.05, 0) is 57.3 Å². The van der Waals surface area contributed by atoms with Crippen LogP contribution in [-0.4, -0.2) is 18.0 Å². The molecule has 2 saturated carbocycles. The van der Waals surface area contributed by atoms with E-state index in [0.717, 1.165) is 24.7 Å². The highest BCUT2D eigenvalue weighted by atomic mass is 16.5. The monoisotopic (exact) mass is 238 g/mol. The maximum Gasteiger partial charge on any atom is 0.164 e. The number of ketones is 1. The fourth-order valence-corrected chi connectivity index (χ4v) is 3.78. The number of ether oxygens (including phenoxy) is 1. The van der Waals surface area contributed by atoms with Crippen molar-refractivity contribution in [1.29, 1.82) is 0 Å². The predicted molar refractivity (Wildman–Crippen MR) is 68.9 cm³/mol. The molecule has 0 saturated heterocycles. The number of carbonyl (C=O) groups excluding carboxylic acids is 1. The van der Waals surface area contributed by atoms with Gasteiger partial charge in [0.1, 0.15) is 5.60 Å². The zero-order chi connectivity index (χ0) is 12.5. The molecule has 17 heavy (non-hydrogen) atoms. The third-order valence-electron chi connectivity index (χ3n) is 5.06. The van der Waals surface area contributed by atoms with Crippen LogP contribution in [0, 0.1) is 17.8 Å². The Kier molecular flexibility index (Phi) is 3.92. The Morgan fingerprint density at radius 3 is 2.53 bits per heavy atom. The Morgan fingerprint density at radius 2 is 2.06 bits per heavy atom. The second-order valence-corrected chi connectivity index (χ2v) is 6.08. The highest BCUT2D eigenvalue weighted by Crippen LogP contribution is 2.50. The molecule has 2 fully saturated rings. The zero-order valence-electron chi connectivity index (χ0n) is 11.5. The van der Waals surface area contributed by atoms with Crippen molar-refractivity contribution in [2.45, 2.75) is 64.9 Å². The highest BCUT2D eigenvalue weighted by molar-refractivity contribution is 5.87. The molecule has 2 rings (SSSR count). The first kappa shape index (κ1) is 13.1. The molecule has 0 radical (unpaired) electrons. The fourth-order valence-electron chi connectivity index (χ4n) is 3.78. The quantitative estimate of drug-likeness (QED) is 0.707. The standard InChI is InChI=1S/C15H26O2/c1-4-15(3,17-5-2)14(16)10-13-9-11-6-7-12(13)8-11/h11-13H,4-10H2,1-3H3. The van der Waals surface area contributed by atoms with E-state index in [0.29, 0.717) is 18.3 Å². The van der Waals surface area contributed by atoms with Gasteiger partial charge in [-0.2, -0.15) is 0 Å². The Hall–Kier alpha value is -0.370. The van der Waals surface area contributed by atoms with Crippen LogP contribution < -0.4 is 0 Å². The lowest BCUT2D eigenvalue weighted by atomic mass is 9.81. The van der Waals surface area contributed by atoms with Crippen LogP contribution in [0.2, 0.25) is 0 Å². The molecule has 0 amide bonds. The molecular formula is C15H26O2. The van der Waals surface area contributed by atoms with Crippen LogP contribution in [0.1, 0.15) is 59.3 Å². The van der Waals surface area contributed by atoms with E-state index in [1.165, 1.54) is 25.7 Å². The van der Waals surface area contributed by atoms with Crippen molar-refractivity contribution in [2.24, 2.45) is 17.8 Å². The van der Waals surface area contributed by atoms with Crippen LogP contribution in [0.25, 0.3) is 0 Å². The summed E-state index contributed by atoms with van der Waals surface area (Å²) in [6.07, 6.45) is 7.00. The van der Waals surface area contributed by atoms with E-state index >= 15 is 0 Å². The Morgan fingerprint density at radius 1 is 1.29 bits per heavy atom. The summed E-state index contributed by atoms with van der Waals surface area (Å²) in [6, 6.07) is 0. The van der Waals surface area contributed by atoms with E-state index in [9.17, 15) is 4.79 Å². The van der Waals surface area contributed by atoms with E-state index in [1.54, 1.807) is 0 Å². The zero-order valence-corrected chi connectivity index (χ0v) is 11.5. The van der Waals surface area contributed by atoms with Crippen molar-refractivity contribution in [3.05, 3.63) is 0 Å². The van der Waals surface area contributed by atoms with Gasteiger partial charge in [0.05, 0.1) is 0 Å². The van der Waals surface area contributed by atoms with E-state index in [2.05, 4.69) is 0 Å². The minimum Gasteiger partial charge on any atom is -0.368 e. The Bertz CT molecular complexity index is 287. The van der Waals surface area contributed by atoms with Crippen molar-refractivity contribution >= 4 is 5.78 Å². The number of carbonyl (C=O) groups is 1. The van der Waals surface area contributed by atoms with Crippen LogP contribution in [0.4, 0.5) is 0 Å². The summed E-state index contributed by atoms with van der Waals surface area (Å²) in [5.74, 6) is 2.76. The van der Waals surface area contributed by atoms with Crippen molar-refractivity contribution in [1.82, 2.24) is 0 Å². The predicted octanol–water partition coefficient (Wildman–Crippen LogP) is 3.59. The summed E-state index contributed by atoms with van der Waals surface area (Å²) in [5, 5.41) is 0. The lowest BCUT2D eigenvalue weighted by Gasteiger charge is -2.30. The average Bonchev–Trinajstić information content (AvgIpc) is 2.91. The molecule has 2 aliphatic rings. The minimum absolute atomic E-state index is 0.333. The number of Topliss-reactive ketones (excluding diaryl/α,β-unsaturated/α-hetero) is 1. The van der Waals surface area contributed by atoms with Gasteiger partial charge in [0.15, 0.2) is 5.78 Å². The summed E-state index contributed by atoms with van der Waals surface area (Å²) in [5.41, 5.74) is -0.531. The molecule has 0 aliphatic heterocycles. The molecule has 0 spiro atoms. The topological polar surface area (TPSA) is 26.3 Å². The third kappa shape index (κ3) is 2.57. The van der Waals surface area contributed by atoms with Crippen LogP contribution in [0.5, 0.6) is 0 Å². The SMILES string of the molecule is CCOC(C)(CC)C(=O)CC1CC2CCC1C2. The Labute approximate surface area is 105 Å². The van der Waals surface area contributed by atoms with Gasteiger partial charge < -0.3 is 4.74 Å². The molecule has 2 aliphatic carbocycles. The summed E-state index contributed by atoms with van der Waals surface area (Å²) < 4.78 is 5.68. The number of fused-ring (bicyclic) bond motifs is 2. The first-order valence-corrected chi connectivity index (χ1v) is 7.26. The van der Waals surface area contributed by atoms with Gasteiger partial charge in [-0.15, -0.1) is 0 Å². The van der Waals surface area contributed by atoms with Gasteiger partial charge >= 0.3 is 0 Å². The highest BCUT2D eigenvalue weighted by Gasteiger charge is 2.42. The van der Waals surface area contributed by atoms with Crippen molar-refractivity contribution in [3.8, 4) is 0 Å². The molecule has 98 valence electrons. The van der Waals surface area contributed by atoms with Gasteiger partial charge in [0.2, 0.25) is 0 Å². The van der Waals surface area contributed by atoms with Gasteiger partial charge in [-0.3, -0.25) is 4.79 Å². The largest absolute Gasteiger partial charge is 0.368 e. The van der Waals surface area contributed by atoms with E-state index < -0.39 is 5.60 Å². The van der Waals surface area contributed by atoms with Crippen molar-refractivity contribution in [3.63, 3.8) is 0 Å². The van der Waals surface area contributed by atoms with E-state index in [-0.39, 0.29) is 0 Å².